The zero-order valence-corrected chi connectivity index (χ0v) is 34.1. The van der Waals surface area contributed by atoms with Crippen LogP contribution in [0.4, 0.5) is 0 Å². The fourth-order valence-electron chi connectivity index (χ4n) is 8.70. The first-order valence-electron chi connectivity index (χ1n) is 20.9. The van der Waals surface area contributed by atoms with Crippen LogP contribution >= 0.6 is 0 Å². The highest BCUT2D eigenvalue weighted by molar-refractivity contribution is 6.19. The third-order valence-electron chi connectivity index (χ3n) is 11.7. The van der Waals surface area contributed by atoms with Crippen LogP contribution in [0.3, 0.4) is 0 Å². The molecule has 0 amide bonds. The predicted molar refractivity (Wildman–Crippen MR) is 254 cm³/mol. The summed E-state index contributed by atoms with van der Waals surface area (Å²) in [6.45, 7) is 0. The van der Waals surface area contributed by atoms with Gasteiger partial charge in [-0.25, -0.2) is 19.9 Å². The lowest BCUT2D eigenvalue weighted by Gasteiger charge is -2.13. The van der Waals surface area contributed by atoms with E-state index in [2.05, 4.69) is 63.7 Å². The SMILES string of the molecule is N#Cc1cc(-c2nc(-c3ccccc3)nc(-c3ccccc3)n2)ccc1-n1c2ccccc2c2cc3c(cc21)c1ccccc1n3-c1nc(-c2ccccc2)nc(-c2ccccc2)n1. The van der Waals surface area contributed by atoms with Gasteiger partial charge in [0.05, 0.1) is 33.3 Å². The number of aromatic nitrogens is 8. The largest absolute Gasteiger partial charge is 0.308 e. The van der Waals surface area contributed by atoms with Gasteiger partial charge in [-0.2, -0.15) is 15.2 Å². The van der Waals surface area contributed by atoms with Gasteiger partial charge in [0.25, 0.3) is 0 Å². The molecule has 0 aliphatic carbocycles. The second-order valence-electron chi connectivity index (χ2n) is 15.5. The number of hydrogen-bond acceptors (Lipinski definition) is 7. The van der Waals surface area contributed by atoms with Crippen molar-refractivity contribution in [3.05, 3.63) is 206 Å². The molecule has 9 nitrogen and oxygen atoms in total. The van der Waals surface area contributed by atoms with E-state index >= 15 is 0 Å². The van der Waals surface area contributed by atoms with Crippen molar-refractivity contribution in [2.24, 2.45) is 0 Å². The molecule has 0 radical (unpaired) electrons. The lowest BCUT2D eigenvalue weighted by molar-refractivity contribution is 0.954. The maximum absolute atomic E-state index is 10.9. The summed E-state index contributed by atoms with van der Waals surface area (Å²) in [5.74, 6) is 3.30. The van der Waals surface area contributed by atoms with Crippen LogP contribution in [0, 0.1) is 11.3 Å². The van der Waals surface area contributed by atoms with Crippen LogP contribution in [0.2, 0.25) is 0 Å². The highest BCUT2D eigenvalue weighted by atomic mass is 15.2. The minimum absolute atomic E-state index is 0.483. The van der Waals surface area contributed by atoms with Gasteiger partial charge in [0.2, 0.25) is 5.95 Å². The molecule has 0 spiro atoms. The van der Waals surface area contributed by atoms with Crippen LogP contribution in [-0.4, -0.2) is 39.0 Å². The Bertz CT molecular complexity index is 3670. The minimum atomic E-state index is 0.483. The first kappa shape index (κ1) is 36.7. The Balaban J connectivity index is 1.07. The lowest BCUT2D eigenvalue weighted by atomic mass is 10.1. The van der Waals surface area contributed by atoms with Crippen LogP contribution < -0.4 is 0 Å². The second-order valence-corrected chi connectivity index (χ2v) is 15.5. The maximum atomic E-state index is 10.9. The molecule has 0 aliphatic heterocycles. The monoisotopic (exact) mass is 819 g/mol. The van der Waals surface area contributed by atoms with Crippen LogP contribution in [0.5, 0.6) is 0 Å². The van der Waals surface area contributed by atoms with Gasteiger partial charge in [-0.1, -0.05) is 158 Å². The number of nitrogens with zero attached hydrogens (tertiary/aromatic N) is 9. The number of fused-ring (bicyclic) bond motifs is 6. The predicted octanol–water partition coefficient (Wildman–Crippen LogP) is 12.5. The van der Waals surface area contributed by atoms with Gasteiger partial charge in [0.1, 0.15) is 6.07 Å². The Morgan fingerprint density at radius 2 is 0.688 bits per heavy atom. The van der Waals surface area contributed by atoms with Gasteiger partial charge in [0.15, 0.2) is 29.1 Å². The summed E-state index contributed by atoms with van der Waals surface area (Å²) in [5.41, 5.74) is 9.36. The zero-order chi connectivity index (χ0) is 42.6. The van der Waals surface area contributed by atoms with Crippen molar-refractivity contribution in [2.75, 3.05) is 0 Å². The van der Waals surface area contributed by atoms with Crippen molar-refractivity contribution in [3.8, 4) is 74.6 Å². The smallest absolute Gasteiger partial charge is 0.238 e. The maximum Gasteiger partial charge on any atom is 0.238 e. The van der Waals surface area contributed by atoms with E-state index in [9.17, 15) is 5.26 Å². The third kappa shape index (κ3) is 6.17. The summed E-state index contributed by atoms with van der Waals surface area (Å²) in [4.78, 5) is 30.0. The Hall–Kier alpha value is -9.13. The fourth-order valence-corrected chi connectivity index (χ4v) is 8.70. The summed E-state index contributed by atoms with van der Waals surface area (Å²) >= 11 is 0. The Kier molecular flexibility index (Phi) is 8.66. The molecule has 298 valence electrons. The van der Waals surface area contributed by atoms with Crippen molar-refractivity contribution in [2.45, 2.75) is 0 Å². The number of para-hydroxylation sites is 2. The normalized spacial score (nSPS) is 11.4. The molecular weight excluding hydrogens is 787 g/mol. The third-order valence-corrected chi connectivity index (χ3v) is 11.7. The van der Waals surface area contributed by atoms with Gasteiger partial charge in [-0.3, -0.25) is 4.57 Å². The summed E-state index contributed by atoms with van der Waals surface area (Å²) in [7, 11) is 0. The molecule has 4 aromatic heterocycles. The van der Waals surface area contributed by atoms with Crippen molar-refractivity contribution < 1.29 is 0 Å². The standard InChI is InChI=1S/C55H33N9/c56-34-40-31-39(54-58-50(35-17-5-1-6-18-35)57-51(59-54)36-19-7-2-8-20-36)29-30-45(40)63-46-27-15-13-25-41(46)43-33-49-44(32-48(43)63)42-26-14-16-28-47(42)64(49)55-61-52(37-21-9-3-10-22-37)60-53(62-55)38-23-11-4-12-24-38/h1-33H. The molecule has 0 atom stereocenters. The second kappa shape index (κ2) is 15.1. The Labute approximate surface area is 366 Å². The van der Waals surface area contributed by atoms with Crippen molar-refractivity contribution in [1.29, 1.82) is 5.26 Å². The van der Waals surface area contributed by atoms with E-state index < -0.39 is 0 Å². The average Bonchev–Trinajstić information content (AvgIpc) is 3.88. The molecule has 9 heteroatoms. The molecule has 0 fully saturated rings. The first-order chi connectivity index (χ1) is 31.7. The van der Waals surface area contributed by atoms with E-state index in [0.29, 0.717) is 46.2 Å². The lowest BCUT2D eigenvalue weighted by Crippen LogP contribution is -2.06. The highest BCUT2D eigenvalue weighted by Gasteiger charge is 2.23. The summed E-state index contributed by atoms with van der Waals surface area (Å²) < 4.78 is 4.34. The molecular formula is C55H33N9. The van der Waals surface area contributed by atoms with Crippen molar-refractivity contribution in [1.82, 2.24) is 39.0 Å². The Morgan fingerprint density at radius 1 is 0.312 bits per heavy atom. The highest BCUT2D eigenvalue weighted by Crippen LogP contribution is 2.40. The topological polar surface area (TPSA) is 111 Å². The van der Waals surface area contributed by atoms with E-state index in [1.165, 1.54) is 0 Å². The van der Waals surface area contributed by atoms with E-state index in [1.54, 1.807) is 0 Å². The molecule has 4 heterocycles. The average molecular weight is 820 g/mol. The molecule has 0 saturated heterocycles. The molecule has 0 saturated carbocycles. The molecule has 0 N–H and O–H groups in total. The number of rotatable bonds is 7. The quantitative estimate of drug-likeness (QED) is 0.157. The van der Waals surface area contributed by atoms with Crippen LogP contribution in [0.1, 0.15) is 5.56 Å². The van der Waals surface area contributed by atoms with Gasteiger partial charge >= 0.3 is 0 Å². The Morgan fingerprint density at radius 3 is 1.14 bits per heavy atom. The molecule has 12 rings (SSSR count). The van der Waals surface area contributed by atoms with E-state index in [4.69, 9.17) is 29.9 Å². The summed E-state index contributed by atoms with van der Waals surface area (Å²) in [6.07, 6.45) is 0. The van der Waals surface area contributed by atoms with Crippen LogP contribution in [0.15, 0.2) is 200 Å². The van der Waals surface area contributed by atoms with Gasteiger partial charge in [0, 0.05) is 49.4 Å². The van der Waals surface area contributed by atoms with Gasteiger partial charge in [-0.15, -0.1) is 0 Å². The van der Waals surface area contributed by atoms with Crippen LogP contribution in [-0.2, 0) is 0 Å². The molecule has 0 aliphatic rings. The number of hydrogen-bond donors (Lipinski definition) is 0. The molecule has 12 aromatic rings. The molecule has 64 heavy (non-hydrogen) atoms. The number of nitriles is 1. The van der Waals surface area contributed by atoms with Crippen molar-refractivity contribution in [3.63, 3.8) is 0 Å². The van der Waals surface area contributed by atoms with E-state index in [1.807, 2.05) is 152 Å². The van der Waals surface area contributed by atoms with Crippen molar-refractivity contribution >= 4 is 43.6 Å². The minimum Gasteiger partial charge on any atom is -0.308 e. The summed E-state index contributed by atoms with van der Waals surface area (Å²) in [5, 5.41) is 15.1. The molecule has 0 unspecified atom stereocenters. The number of benzene rings is 8. The van der Waals surface area contributed by atoms with Gasteiger partial charge < -0.3 is 4.57 Å². The van der Waals surface area contributed by atoms with E-state index in [-0.39, 0.29) is 0 Å². The fraction of sp³-hybridized carbons (Fsp3) is 0. The summed E-state index contributed by atoms with van der Waals surface area (Å²) in [6, 6.07) is 69.4. The van der Waals surface area contributed by atoms with Gasteiger partial charge in [-0.05, 0) is 42.5 Å². The first-order valence-corrected chi connectivity index (χ1v) is 20.9. The van der Waals surface area contributed by atoms with Crippen LogP contribution in [0.25, 0.3) is 112 Å². The van der Waals surface area contributed by atoms with E-state index in [0.717, 1.165) is 71.6 Å². The zero-order valence-electron chi connectivity index (χ0n) is 34.1. The molecule has 8 aromatic carbocycles. The molecule has 0 bridgehead atoms.